The fourth-order valence-electron chi connectivity index (χ4n) is 11.3. The smallest absolute Gasteiger partial charge is 0.310 e. The molecule has 0 heterocycles. The summed E-state index contributed by atoms with van der Waals surface area (Å²) in [5.41, 5.74) is 2.82. The second-order valence-electron chi connectivity index (χ2n) is 14.8. The van der Waals surface area contributed by atoms with E-state index in [2.05, 4.69) is 41.2 Å². The molecular formula is C31H50O3. The van der Waals surface area contributed by atoms with Crippen molar-refractivity contribution >= 4 is 5.97 Å². The van der Waals surface area contributed by atoms with Crippen molar-refractivity contribution in [3.8, 4) is 0 Å². The van der Waals surface area contributed by atoms with Crippen LogP contribution in [0.5, 0.6) is 0 Å². The molecule has 2 N–H and O–H groups in total. The second-order valence-corrected chi connectivity index (χ2v) is 14.8. The Morgan fingerprint density at radius 1 is 0.912 bits per heavy atom. The Balaban J connectivity index is 1.35. The van der Waals surface area contributed by atoms with Gasteiger partial charge in [-0.15, -0.1) is 0 Å². The lowest BCUT2D eigenvalue weighted by molar-refractivity contribution is -0.161. The van der Waals surface area contributed by atoms with Gasteiger partial charge in [-0.1, -0.05) is 46.8 Å². The summed E-state index contributed by atoms with van der Waals surface area (Å²) in [5.74, 6) is 1.71. The third-order valence-electron chi connectivity index (χ3n) is 13.7. The minimum Gasteiger partial charge on any atom is -0.481 e. The lowest BCUT2D eigenvalue weighted by Crippen LogP contribution is -2.57. The molecular weight excluding hydrogens is 420 g/mol. The van der Waals surface area contributed by atoms with Gasteiger partial charge < -0.3 is 10.2 Å². The number of fused-ring (bicyclic) bond motifs is 2. The van der Waals surface area contributed by atoms with Gasteiger partial charge >= 0.3 is 5.97 Å². The Kier molecular flexibility index (Phi) is 5.55. The molecule has 5 aliphatic rings. The van der Waals surface area contributed by atoms with E-state index in [-0.39, 0.29) is 11.5 Å². The molecule has 3 nitrogen and oxygen atoms in total. The quantitative estimate of drug-likeness (QED) is 0.396. The molecule has 0 aromatic heterocycles. The van der Waals surface area contributed by atoms with Crippen LogP contribution >= 0.6 is 0 Å². The maximum absolute atomic E-state index is 11.4. The number of aliphatic hydroxyl groups is 1. The molecule has 0 aromatic carbocycles. The summed E-state index contributed by atoms with van der Waals surface area (Å²) in [6.07, 6.45) is 13.6. The van der Waals surface area contributed by atoms with E-state index in [1.165, 1.54) is 51.4 Å². The summed E-state index contributed by atoms with van der Waals surface area (Å²) < 4.78 is 0. The molecule has 10 atom stereocenters. The number of aliphatic hydroxyl groups excluding tert-OH is 1. The zero-order chi connectivity index (χ0) is 24.9. The van der Waals surface area contributed by atoms with Gasteiger partial charge in [-0.2, -0.15) is 0 Å². The molecule has 5 aliphatic carbocycles. The summed E-state index contributed by atoms with van der Waals surface area (Å²) in [4.78, 5) is 11.4. The molecule has 0 unspecified atom stereocenters. The van der Waals surface area contributed by atoms with Crippen LogP contribution in [0.2, 0.25) is 0 Å². The monoisotopic (exact) mass is 470 g/mol. The van der Waals surface area contributed by atoms with Crippen molar-refractivity contribution in [3.63, 3.8) is 0 Å². The van der Waals surface area contributed by atoms with E-state index in [0.717, 1.165) is 36.7 Å². The summed E-state index contributed by atoms with van der Waals surface area (Å²) in [7, 11) is 0. The standard InChI is InChI=1S/C31H50O3/c1-19(21(3)26(33)34)8-9-20(2)22-12-14-29(7)24-11-10-23-27(4,5)25(32)13-15-30(23)18-31(24,30)17-16-28(22,29)6/h20-25,32H,1,8-18H2,2-7H3,(H,33,34)/t20-,21-,22-,23+,24+,25+,28-,29+,30-,31-/m1/s1. The van der Waals surface area contributed by atoms with Crippen LogP contribution < -0.4 is 0 Å². The predicted molar refractivity (Wildman–Crippen MR) is 137 cm³/mol. The number of carbonyl (C=O) groups is 1. The molecule has 0 amide bonds. The molecule has 0 radical (unpaired) electrons. The van der Waals surface area contributed by atoms with Crippen molar-refractivity contribution < 1.29 is 15.0 Å². The third kappa shape index (κ3) is 2.94. The van der Waals surface area contributed by atoms with Crippen LogP contribution in [0.4, 0.5) is 0 Å². The van der Waals surface area contributed by atoms with E-state index < -0.39 is 11.9 Å². The van der Waals surface area contributed by atoms with Gasteiger partial charge in [0.25, 0.3) is 0 Å². The van der Waals surface area contributed by atoms with Gasteiger partial charge in [-0.05, 0) is 128 Å². The lowest BCUT2D eigenvalue weighted by atomic mass is 9.41. The van der Waals surface area contributed by atoms with Crippen LogP contribution in [-0.2, 0) is 4.79 Å². The summed E-state index contributed by atoms with van der Waals surface area (Å²) in [6.45, 7) is 18.3. The van der Waals surface area contributed by atoms with E-state index in [4.69, 9.17) is 0 Å². The Labute approximate surface area is 208 Å². The highest BCUT2D eigenvalue weighted by Crippen LogP contribution is 2.89. The third-order valence-corrected chi connectivity index (χ3v) is 13.7. The Morgan fingerprint density at radius 2 is 1.56 bits per heavy atom. The van der Waals surface area contributed by atoms with Gasteiger partial charge in [0.05, 0.1) is 12.0 Å². The number of hydrogen-bond donors (Lipinski definition) is 2. The van der Waals surface area contributed by atoms with Crippen molar-refractivity contribution in [3.05, 3.63) is 12.2 Å². The summed E-state index contributed by atoms with van der Waals surface area (Å²) >= 11 is 0. The number of rotatable bonds is 6. The average Bonchev–Trinajstić information content (AvgIpc) is 3.36. The highest BCUT2D eigenvalue weighted by Gasteiger charge is 2.82. The van der Waals surface area contributed by atoms with Gasteiger partial charge in [-0.3, -0.25) is 4.79 Å². The van der Waals surface area contributed by atoms with Crippen molar-refractivity contribution in [2.75, 3.05) is 0 Å². The van der Waals surface area contributed by atoms with E-state index in [9.17, 15) is 15.0 Å². The Hall–Kier alpha value is -0.830. The molecule has 0 bridgehead atoms. The molecule has 0 saturated heterocycles. The summed E-state index contributed by atoms with van der Waals surface area (Å²) in [5, 5.41) is 20.2. The van der Waals surface area contributed by atoms with Crippen LogP contribution in [0.25, 0.3) is 0 Å². The molecule has 5 fully saturated rings. The fourth-order valence-corrected chi connectivity index (χ4v) is 11.3. The number of carboxylic acid groups (broad SMARTS) is 1. The molecule has 5 saturated carbocycles. The van der Waals surface area contributed by atoms with Gasteiger partial charge in [0, 0.05) is 0 Å². The number of hydrogen-bond acceptors (Lipinski definition) is 2. The average molecular weight is 471 g/mol. The largest absolute Gasteiger partial charge is 0.481 e. The maximum Gasteiger partial charge on any atom is 0.310 e. The topological polar surface area (TPSA) is 57.5 Å². The molecule has 2 spiro atoms. The summed E-state index contributed by atoms with van der Waals surface area (Å²) in [6, 6.07) is 0. The SMILES string of the molecule is C=C(CC[C@@H](C)[C@H]1CC[C@@]2(C)[C@@H]3CC[C@H]4C(C)(C)[C@@H](O)CC[C@@]45C[C@]35CC[C@]12C)[C@@H](C)C(=O)O. The van der Waals surface area contributed by atoms with Gasteiger partial charge in [0.15, 0.2) is 0 Å². The van der Waals surface area contributed by atoms with Crippen molar-refractivity contribution in [1.82, 2.24) is 0 Å². The second kappa shape index (κ2) is 7.59. The Bertz CT molecular complexity index is 876. The first-order chi connectivity index (χ1) is 15.8. The molecule has 3 heteroatoms. The van der Waals surface area contributed by atoms with Gasteiger partial charge in [0.2, 0.25) is 0 Å². The first-order valence-corrected chi connectivity index (χ1v) is 14.4. The van der Waals surface area contributed by atoms with Crippen LogP contribution in [0.1, 0.15) is 112 Å². The highest BCUT2D eigenvalue weighted by molar-refractivity contribution is 5.72. The van der Waals surface area contributed by atoms with E-state index in [0.29, 0.717) is 33.5 Å². The van der Waals surface area contributed by atoms with E-state index >= 15 is 0 Å². The minimum atomic E-state index is -0.747. The minimum absolute atomic E-state index is 0.0661. The maximum atomic E-state index is 11.4. The lowest BCUT2D eigenvalue weighted by Gasteiger charge is -2.63. The van der Waals surface area contributed by atoms with Crippen molar-refractivity contribution in [1.29, 1.82) is 0 Å². The van der Waals surface area contributed by atoms with Crippen molar-refractivity contribution in [2.45, 2.75) is 118 Å². The molecule has 0 aliphatic heterocycles. The molecule has 192 valence electrons. The van der Waals surface area contributed by atoms with Crippen LogP contribution in [0.15, 0.2) is 12.2 Å². The zero-order valence-electron chi connectivity index (χ0n) is 22.8. The fraction of sp³-hybridized carbons (Fsp3) is 0.903. The van der Waals surface area contributed by atoms with Crippen LogP contribution in [0, 0.1) is 56.7 Å². The van der Waals surface area contributed by atoms with Crippen molar-refractivity contribution in [2.24, 2.45) is 56.7 Å². The molecule has 0 aromatic rings. The Morgan fingerprint density at radius 3 is 2.24 bits per heavy atom. The normalized spacial score (nSPS) is 50.2. The predicted octanol–water partition coefficient (Wildman–Crippen LogP) is 7.48. The molecule has 34 heavy (non-hydrogen) atoms. The first kappa shape index (κ1) is 24.8. The first-order valence-electron chi connectivity index (χ1n) is 14.4. The van der Waals surface area contributed by atoms with E-state index in [1.54, 1.807) is 6.92 Å². The van der Waals surface area contributed by atoms with Crippen LogP contribution in [-0.4, -0.2) is 22.3 Å². The van der Waals surface area contributed by atoms with Crippen LogP contribution in [0.3, 0.4) is 0 Å². The highest BCUT2D eigenvalue weighted by atomic mass is 16.4. The molecule has 5 rings (SSSR count). The number of aliphatic carboxylic acids is 1. The number of carboxylic acids is 1. The zero-order valence-corrected chi connectivity index (χ0v) is 22.8. The van der Waals surface area contributed by atoms with E-state index in [1.807, 2.05) is 0 Å². The van der Waals surface area contributed by atoms with Gasteiger partial charge in [0.1, 0.15) is 0 Å². The van der Waals surface area contributed by atoms with Gasteiger partial charge in [-0.25, -0.2) is 0 Å².